The molecule has 0 radical (unpaired) electrons. The van der Waals surface area contributed by atoms with Crippen molar-refractivity contribution in [3.8, 4) is 0 Å². The van der Waals surface area contributed by atoms with E-state index in [0.29, 0.717) is 5.25 Å². The Bertz CT molecular complexity index is 856. The average molecular weight is 426 g/mol. The van der Waals surface area contributed by atoms with Crippen molar-refractivity contribution in [2.45, 2.75) is 40.7 Å². The molecule has 1 fully saturated rings. The number of thioether (sulfide) groups is 2. The van der Waals surface area contributed by atoms with Crippen molar-refractivity contribution in [3.05, 3.63) is 72.4 Å². The van der Waals surface area contributed by atoms with Crippen LogP contribution in [0.25, 0.3) is 0 Å². The molecule has 2 aliphatic rings. The maximum absolute atomic E-state index is 12.5. The molecule has 2 aromatic rings. The van der Waals surface area contributed by atoms with Crippen molar-refractivity contribution in [2.75, 3.05) is 19.4 Å². The van der Waals surface area contributed by atoms with E-state index in [1.807, 2.05) is 28.4 Å². The summed E-state index contributed by atoms with van der Waals surface area (Å²) in [6.45, 7) is 0.733. The summed E-state index contributed by atoms with van der Waals surface area (Å²) < 4.78 is 5.10. The lowest BCUT2D eigenvalue weighted by Gasteiger charge is -2.47. The second kappa shape index (κ2) is 9.31. The normalized spacial score (nSPS) is 23.4. The molecule has 0 aromatic heterocycles. The van der Waals surface area contributed by atoms with E-state index in [0.717, 1.165) is 38.0 Å². The summed E-state index contributed by atoms with van der Waals surface area (Å²) in [7, 11) is 1.48. The van der Waals surface area contributed by atoms with Gasteiger partial charge in [-0.3, -0.25) is 4.90 Å². The number of amides is 1. The number of fused-ring (bicyclic) bond motifs is 1. The van der Waals surface area contributed by atoms with E-state index in [9.17, 15) is 4.79 Å². The number of hydrogen-bond donors (Lipinski definition) is 0. The minimum atomic E-state index is -0.221. The monoisotopic (exact) mass is 425 g/mol. The van der Waals surface area contributed by atoms with Gasteiger partial charge in [0.25, 0.3) is 0 Å². The Balaban J connectivity index is 1.57. The molecule has 2 atom stereocenters. The number of carbonyl (C=O) groups excluding carboxylic acids is 1. The molecule has 1 saturated heterocycles. The van der Waals surface area contributed by atoms with Gasteiger partial charge < -0.3 is 4.74 Å². The Morgan fingerprint density at radius 3 is 2.48 bits per heavy atom. The Morgan fingerprint density at radius 1 is 1.10 bits per heavy atom. The molecule has 4 rings (SSSR count). The van der Waals surface area contributed by atoms with Crippen LogP contribution in [0.15, 0.2) is 82.2 Å². The molecule has 152 valence electrons. The summed E-state index contributed by atoms with van der Waals surface area (Å²) in [6.07, 6.45) is 6.25. The van der Waals surface area contributed by atoms with Crippen molar-refractivity contribution in [1.29, 1.82) is 0 Å². The Morgan fingerprint density at radius 2 is 1.79 bits per heavy atom. The van der Waals surface area contributed by atoms with E-state index in [2.05, 4.69) is 66.7 Å². The van der Waals surface area contributed by atoms with Gasteiger partial charge in [-0.1, -0.05) is 42.5 Å². The van der Waals surface area contributed by atoms with Gasteiger partial charge in [0.1, 0.15) is 0 Å². The van der Waals surface area contributed by atoms with Gasteiger partial charge in [0.15, 0.2) is 0 Å². The number of allylic oxidation sites excluding steroid dienone is 2. The topological polar surface area (TPSA) is 29.5 Å². The van der Waals surface area contributed by atoms with Gasteiger partial charge in [0.05, 0.1) is 7.11 Å². The number of piperidine rings is 1. The van der Waals surface area contributed by atoms with Gasteiger partial charge in [-0.15, -0.1) is 23.5 Å². The van der Waals surface area contributed by atoms with E-state index in [-0.39, 0.29) is 11.5 Å². The molecule has 0 spiro atoms. The lowest BCUT2D eigenvalue weighted by molar-refractivity contribution is 0.106. The van der Waals surface area contributed by atoms with E-state index < -0.39 is 0 Å². The SMILES string of the molecule is COC(=O)N1CC[C@H](Sc2ccccc2)[C@@]2(CCSc3ccccc3)CCC=C12. The fraction of sp³-hybridized carbons (Fsp3) is 0.375. The van der Waals surface area contributed by atoms with Crippen molar-refractivity contribution >= 4 is 29.6 Å². The molecule has 0 bridgehead atoms. The molecule has 5 heteroatoms. The van der Waals surface area contributed by atoms with Crippen molar-refractivity contribution < 1.29 is 9.53 Å². The molecular formula is C24H27NO2S2. The number of methoxy groups -OCH3 is 1. The number of ether oxygens (including phenoxy) is 1. The number of nitrogens with zero attached hydrogens (tertiary/aromatic N) is 1. The molecule has 1 heterocycles. The highest BCUT2D eigenvalue weighted by Gasteiger charge is 2.50. The standard InChI is InChI=1S/C24H27NO2S2/c1-27-23(26)25-17-14-22(29-20-11-6-3-7-12-20)24(15-8-13-21(24)25)16-18-28-19-9-4-2-5-10-19/h2-7,9-13,22H,8,14-18H2,1H3/t22-,24+/m0/s1. The molecule has 0 N–H and O–H groups in total. The first-order valence-corrected chi connectivity index (χ1v) is 12.1. The van der Waals surface area contributed by atoms with E-state index in [1.54, 1.807) is 0 Å². The smallest absolute Gasteiger partial charge is 0.413 e. The molecule has 0 unspecified atom stereocenters. The third-order valence-corrected chi connectivity index (χ3v) is 8.47. The Hall–Kier alpha value is -1.85. The third kappa shape index (κ3) is 4.36. The van der Waals surface area contributed by atoms with E-state index >= 15 is 0 Å². The van der Waals surface area contributed by atoms with Crippen LogP contribution in [0.1, 0.15) is 25.7 Å². The molecule has 2 aromatic carbocycles. The highest BCUT2D eigenvalue weighted by Crippen LogP contribution is 2.56. The minimum Gasteiger partial charge on any atom is -0.452 e. The van der Waals surface area contributed by atoms with Gasteiger partial charge in [-0.2, -0.15) is 0 Å². The molecule has 1 aliphatic heterocycles. The summed E-state index contributed by atoms with van der Waals surface area (Å²) in [5.74, 6) is 1.04. The summed E-state index contributed by atoms with van der Waals surface area (Å²) in [5, 5.41) is 0.468. The van der Waals surface area contributed by atoms with E-state index in [1.165, 1.54) is 22.6 Å². The lowest BCUT2D eigenvalue weighted by atomic mass is 9.74. The van der Waals surface area contributed by atoms with Crippen molar-refractivity contribution in [3.63, 3.8) is 0 Å². The fourth-order valence-corrected chi connectivity index (χ4v) is 7.06. The maximum atomic E-state index is 12.5. The summed E-state index contributed by atoms with van der Waals surface area (Å²) in [4.78, 5) is 17.0. The molecule has 3 nitrogen and oxygen atoms in total. The van der Waals surface area contributed by atoms with Crippen LogP contribution in [0.3, 0.4) is 0 Å². The molecule has 1 amide bonds. The molecule has 29 heavy (non-hydrogen) atoms. The largest absolute Gasteiger partial charge is 0.452 e. The van der Waals surface area contributed by atoms with Crippen molar-refractivity contribution in [2.24, 2.45) is 5.41 Å². The minimum absolute atomic E-state index is 0.0225. The molecule has 0 saturated carbocycles. The highest BCUT2D eigenvalue weighted by atomic mass is 32.2. The number of hydrogen-bond acceptors (Lipinski definition) is 4. The Kier molecular flexibility index (Phi) is 6.56. The van der Waals surface area contributed by atoms with Crippen LogP contribution in [0.5, 0.6) is 0 Å². The average Bonchev–Trinajstić information content (AvgIpc) is 3.20. The number of rotatable bonds is 6. The fourth-order valence-electron chi connectivity index (χ4n) is 4.56. The van der Waals surface area contributed by atoms with E-state index in [4.69, 9.17) is 4.74 Å². The third-order valence-electron chi connectivity index (χ3n) is 5.94. The predicted octanol–water partition coefficient (Wildman–Crippen LogP) is 6.47. The highest BCUT2D eigenvalue weighted by molar-refractivity contribution is 8.00. The zero-order valence-corrected chi connectivity index (χ0v) is 18.4. The zero-order chi connectivity index (χ0) is 20.1. The summed E-state index contributed by atoms with van der Waals surface area (Å²) in [5.41, 5.74) is 1.21. The summed E-state index contributed by atoms with van der Waals surface area (Å²) in [6, 6.07) is 21.3. The molecular weight excluding hydrogens is 398 g/mol. The molecule has 1 aliphatic carbocycles. The van der Waals surface area contributed by atoms with Crippen molar-refractivity contribution in [1.82, 2.24) is 4.90 Å². The first-order chi connectivity index (χ1) is 14.2. The van der Waals surface area contributed by atoms with Gasteiger partial charge in [0.2, 0.25) is 0 Å². The summed E-state index contributed by atoms with van der Waals surface area (Å²) >= 11 is 3.89. The van der Waals surface area contributed by atoms with Gasteiger partial charge in [0, 0.05) is 32.7 Å². The quantitative estimate of drug-likeness (QED) is 0.496. The second-order valence-electron chi connectivity index (χ2n) is 7.53. The second-order valence-corrected chi connectivity index (χ2v) is 9.97. The van der Waals surface area contributed by atoms with Gasteiger partial charge in [-0.05, 0) is 55.7 Å². The number of benzene rings is 2. The number of carbonyl (C=O) groups is 1. The Labute approximate surface area is 181 Å². The maximum Gasteiger partial charge on any atom is 0.413 e. The van der Waals surface area contributed by atoms with Crippen LogP contribution in [-0.2, 0) is 4.74 Å². The first kappa shape index (κ1) is 20.4. The van der Waals surface area contributed by atoms with Crippen LogP contribution in [0.2, 0.25) is 0 Å². The van der Waals surface area contributed by atoms with Crippen LogP contribution < -0.4 is 0 Å². The number of likely N-dealkylation sites (tertiary alicyclic amines) is 1. The van der Waals surface area contributed by atoms with Gasteiger partial charge >= 0.3 is 6.09 Å². The predicted molar refractivity (Wildman–Crippen MR) is 121 cm³/mol. The van der Waals surface area contributed by atoms with Gasteiger partial charge in [-0.25, -0.2) is 4.79 Å². The van der Waals surface area contributed by atoms with Crippen LogP contribution >= 0.6 is 23.5 Å². The van der Waals surface area contributed by atoms with Crippen LogP contribution in [-0.4, -0.2) is 35.7 Å². The zero-order valence-electron chi connectivity index (χ0n) is 16.8. The van der Waals surface area contributed by atoms with Crippen LogP contribution in [0.4, 0.5) is 4.79 Å². The lowest BCUT2D eigenvalue weighted by Crippen LogP contribution is -2.49. The van der Waals surface area contributed by atoms with Crippen LogP contribution in [0, 0.1) is 5.41 Å². The first-order valence-electron chi connectivity index (χ1n) is 10.2.